The third-order valence-electron chi connectivity index (χ3n) is 3.27. The molecular formula is C16H13Cl2F3N2O4. The van der Waals surface area contributed by atoms with Crippen molar-refractivity contribution in [2.45, 2.75) is 19.5 Å². The highest BCUT2D eigenvalue weighted by Crippen LogP contribution is 2.32. The van der Waals surface area contributed by atoms with E-state index in [0.29, 0.717) is 11.8 Å². The zero-order valence-corrected chi connectivity index (χ0v) is 15.3. The maximum absolute atomic E-state index is 12.6. The molecule has 0 aliphatic rings. The lowest BCUT2D eigenvalue weighted by Crippen LogP contribution is -2.21. The lowest BCUT2D eigenvalue weighted by molar-refractivity contribution is -0.145. The van der Waals surface area contributed by atoms with E-state index in [4.69, 9.17) is 32.7 Å². The van der Waals surface area contributed by atoms with Crippen LogP contribution in [0.25, 0.3) is 0 Å². The van der Waals surface area contributed by atoms with E-state index < -0.39 is 30.0 Å². The Hall–Kier alpha value is -2.26. The number of carbonyl (C=O) groups is 1. The van der Waals surface area contributed by atoms with Crippen LogP contribution in [0.1, 0.15) is 23.9 Å². The second-order valence-corrected chi connectivity index (χ2v) is 6.03. The molecule has 146 valence electrons. The summed E-state index contributed by atoms with van der Waals surface area (Å²) in [5.74, 6) is -0.502. The van der Waals surface area contributed by atoms with Crippen LogP contribution in [0.15, 0.2) is 23.1 Å². The van der Waals surface area contributed by atoms with E-state index in [1.807, 2.05) is 0 Å². The fraction of sp³-hybridized carbons (Fsp3) is 0.312. The summed E-state index contributed by atoms with van der Waals surface area (Å²) < 4.78 is 47.8. The predicted molar refractivity (Wildman–Crippen MR) is 91.3 cm³/mol. The summed E-state index contributed by atoms with van der Waals surface area (Å²) in [5, 5.41) is 0.270. The van der Waals surface area contributed by atoms with Crippen LogP contribution in [0.5, 0.6) is 5.75 Å². The number of H-pyrrole nitrogens is 1. The van der Waals surface area contributed by atoms with E-state index in [1.165, 1.54) is 12.1 Å². The van der Waals surface area contributed by atoms with E-state index >= 15 is 0 Å². The normalized spacial score (nSPS) is 11.3. The quantitative estimate of drug-likeness (QED) is 0.716. The first-order valence-electron chi connectivity index (χ1n) is 7.53. The molecule has 27 heavy (non-hydrogen) atoms. The Kier molecular flexibility index (Phi) is 6.72. The highest BCUT2D eigenvalue weighted by molar-refractivity contribution is 6.36. The van der Waals surface area contributed by atoms with Gasteiger partial charge in [-0.3, -0.25) is 9.78 Å². The molecule has 0 unspecified atom stereocenters. The molecule has 0 aliphatic heterocycles. The maximum Gasteiger partial charge on any atom is 0.432 e. The number of halogens is 5. The first kappa shape index (κ1) is 21.0. The molecule has 1 heterocycles. The van der Waals surface area contributed by atoms with Gasteiger partial charge in [-0.2, -0.15) is 13.2 Å². The summed E-state index contributed by atoms with van der Waals surface area (Å²) in [6.45, 7) is 1.43. The Morgan fingerprint density at radius 1 is 1.26 bits per heavy atom. The highest BCUT2D eigenvalue weighted by atomic mass is 35.5. The van der Waals surface area contributed by atoms with Gasteiger partial charge in [0.2, 0.25) is 0 Å². The minimum absolute atomic E-state index is 0.104. The van der Waals surface area contributed by atoms with Gasteiger partial charge in [0.05, 0.1) is 17.8 Å². The van der Waals surface area contributed by atoms with Gasteiger partial charge in [-0.15, -0.1) is 0 Å². The Morgan fingerprint density at radius 3 is 2.56 bits per heavy atom. The molecule has 1 aromatic carbocycles. The Balaban J connectivity index is 2.25. The van der Waals surface area contributed by atoms with Crippen LogP contribution in [-0.2, 0) is 22.1 Å². The standard InChI is InChI=1S/C16H13Cl2F3N2O4/c1-2-26-14(24)7-27-12-4-8(9(17)5-10(12)18)3-11-15(25)23-13(6-22-11)16(19,20)21/h4-6H,2-3,7H2,1H3,(H,23,25). The van der Waals surface area contributed by atoms with Crippen molar-refractivity contribution >= 4 is 29.2 Å². The molecular weight excluding hydrogens is 412 g/mol. The molecule has 0 fully saturated rings. The number of benzene rings is 1. The number of aromatic amines is 1. The van der Waals surface area contributed by atoms with Gasteiger partial charge in [0.15, 0.2) is 6.61 Å². The number of hydrogen-bond donors (Lipinski definition) is 1. The minimum Gasteiger partial charge on any atom is -0.480 e. The van der Waals surface area contributed by atoms with Crippen molar-refractivity contribution in [1.82, 2.24) is 9.97 Å². The van der Waals surface area contributed by atoms with Gasteiger partial charge >= 0.3 is 12.1 Å². The number of nitrogens with zero attached hydrogens (tertiary/aromatic N) is 1. The van der Waals surface area contributed by atoms with Crippen molar-refractivity contribution in [3.05, 3.63) is 55.7 Å². The highest BCUT2D eigenvalue weighted by Gasteiger charge is 2.32. The van der Waals surface area contributed by atoms with Crippen LogP contribution in [0.3, 0.4) is 0 Å². The van der Waals surface area contributed by atoms with E-state index in [1.54, 1.807) is 11.9 Å². The Bertz CT molecular complexity index is 900. The second kappa shape index (κ2) is 8.62. The van der Waals surface area contributed by atoms with E-state index in [-0.39, 0.29) is 34.5 Å². The van der Waals surface area contributed by atoms with Gasteiger partial charge in [0.1, 0.15) is 17.1 Å². The minimum atomic E-state index is -4.71. The van der Waals surface area contributed by atoms with Crippen LogP contribution < -0.4 is 10.3 Å². The van der Waals surface area contributed by atoms with Crippen LogP contribution in [-0.4, -0.2) is 29.2 Å². The van der Waals surface area contributed by atoms with E-state index in [2.05, 4.69) is 4.98 Å². The van der Waals surface area contributed by atoms with Gasteiger partial charge in [-0.1, -0.05) is 23.2 Å². The molecule has 0 bridgehead atoms. The first-order valence-corrected chi connectivity index (χ1v) is 8.29. The van der Waals surface area contributed by atoms with Crippen LogP contribution in [0, 0.1) is 0 Å². The molecule has 0 saturated carbocycles. The van der Waals surface area contributed by atoms with E-state index in [9.17, 15) is 22.8 Å². The summed E-state index contributed by atoms with van der Waals surface area (Å²) in [5.41, 5.74) is -2.09. The molecule has 1 aromatic heterocycles. The van der Waals surface area contributed by atoms with Gasteiger partial charge in [-0.25, -0.2) is 4.79 Å². The molecule has 0 aliphatic carbocycles. The number of carbonyl (C=O) groups excluding carboxylic acids is 1. The smallest absolute Gasteiger partial charge is 0.432 e. The summed E-state index contributed by atoms with van der Waals surface area (Å²) in [6, 6.07) is 2.71. The SMILES string of the molecule is CCOC(=O)COc1cc(Cc2ncc(C(F)(F)F)[nH]c2=O)c(Cl)cc1Cl. The maximum atomic E-state index is 12.6. The molecule has 0 radical (unpaired) electrons. The number of ether oxygens (including phenoxy) is 2. The molecule has 1 N–H and O–H groups in total. The summed E-state index contributed by atoms with van der Waals surface area (Å²) >= 11 is 12.1. The van der Waals surface area contributed by atoms with Crippen molar-refractivity contribution in [3.63, 3.8) is 0 Å². The molecule has 11 heteroatoms. The third-order valence-corrected chi connectivity index (χ3v) is 3.92. The fourth-order valence-corrected chi connectivity index (χ4v) is 2.54. The van der Waals surface area contributed by atoms with Crippen molar-refractivity contribution in [2.75, 3.05) is 13.2 Å². The third kappa shape index (κ3) is 5.61. The van der Waals surface area contributed by atoms with Crippen molar-refractivity contribution in [2.24, 2.45) is 0 Å². The lowest BCUT2D eigenvalue weighted by Gasteiger charge is -2.11. The van der Waals surface area contributed by atoms with Crippen molar-refractivity contribution < 1.29 is 27.4 Å². The number of hydrogen-bond acceptors (Lipinski definition) is 5. The average molecular weight is 425 g/mol. The van der Waals surface area contributed by atoms with Crippen molar-refractivity contribution in [3.8, 4) is 5.75 Å². The van der Waals surface area contributed by atoms with Crippen LogP contribution >= 0.6 is 23.2 Å². The Labute approximate surface area is 161 Å². The number of aromatic nitrogens is 2. The summed E-state index contributed by atoms with van der Waals surface area (Å²) in [7, 11) is 0. The van der Waals surface area contributed by atoms with Gasteiger partial charge in [0.25, 0.3) is 5.56 Å². The number of alkyl halides is 3. The molecule has 0 amide bonds. The zero-order valence-electron chi connectivity index (χ0n) is 13.8. The predicted octanol–water partition coefficient (Wildman–Crippen LogP) is 3.63. The number of esters is 1. The second-order valence-electron chi connectivity index (χ2n) is 5.21. The number of nitrogens with one attached hydrogen (secondary N) is 1. The summed E-state index contributed by atoms with van der Waals surface area (Å²) in [6.07, 6.45) is -4.35. The molecule has 2 aromatic rings. The van der Waals surface area contributed by atoms with Crippen LogP contribution in [0.4, 0.5) is 13.2 Å². The zero-order chi connectivity index (χ0) is 20.2. The van der Waals surface area contributed by atoms with Gasteiger partial charge in [0, 0.05) is 11.4 Å². The first-order chi connectivity index (χ1) is 12.6. The largest absolute Gasteiger partial charge is 0.480 e. The molecule has 0 saturated heterocycles. The average Bonchev–Trinajstić information content (AvgIpc) is 2.57. The molecule has 6 nitrogen and oxygen atoms in total. The van der Waals surface area contributed by atoms with Gasteiger partial charge in [-0.05, 0) is 24.6 Å². The van der Waals surface area contributed by atoms with Crippen molar-refractivity contribution in [1.29, 1.82) is 0 Å². The van der Waals surface area contributed by atoms with Crippen LogP contribution in [0.2, 0.25) is 10.0 Å². The Morgan fingerprint density at radius 2 is 1.96 bits per heavy atom. The van der Waals surface area contributed by atoms with E-state index in [0.717, 1.165) is 0 Å². The molecule has 0 spiro atoms. The molecule has 0 atom stereocenters. The number of rotatable bonds is 6. The molecule has 2 rings (SSSR count). The fourth-order valence-electron chi connectivity index (χ4n) is 2.03. The monoisotopic (exact) mass is 424 g/mol. The lowest BCUT2D eigenvalue weighted by atomic mass is 10.1. The van der Waals surface area contributed by atoms with Gasteiger partial charge < -0.3 is 14.5 Å². The topological polar surface area (TPSA) is 81.3 Å². The summed E-state index contributed by atoms with van der Waals surface area (Å²) in [4.78, 5) is 28.5.